The molecule has 5 rings (SSSR count). The van der Waals surface area contributed by atoms with Gasteiger partial charge in [-0.15, -0.1) is 0 Å². The Morgan fingerprint density at radius 3 is 2.42 bits per heavy atom. The quantitative estimate of drug-likeness (QED) is 0.633. The van der Waals surface area contributed by atoms with E-state index in [1.165, 1.54) is 44.9 Å². The van der Waals surface area contributed by atoms with Crippen LogP contribution in [0.4, 0.5) is 0 Å². The minimum absolute atomic E-state index is 0.203. The predicted octanol–water partition coefficient (Wildman–Crippen LogP) is 5.00. The van der Waals surface area contributed by atoms with Crippen molar-refractivity contribution in [3.05, 3.63) is 0 Å². The topological polar surface area (TPSA) is 29.6 Å². The summed E-state index contributed by atoms with van der Waals surface area (Å²) in [4.78, 5) is 12.0. The molecule has 1 heterocycles. The van der Waals surface area contributed by atoms with Gasteiger partial charge in [0.05, 0.1) is 12.2 Å². The molecule has 5 aliphatic rings. The van der Waals surface area contributed by atoms with Crippen molar-refractivity contribution in [1.29, 1.82) is 0 Å². The Balaban J connectivity index is 1.44. The average Bonchev–Trinajstić information content (AvgIpc) is 3.17. The molecule has 2 heteroatoms. The van der Waals surface area contributed by atoms with Gasteiger partial charge >= 0.3 is 0 Å². The van der Waals surface area contributed by atoms with E-state index in [0.717, 1.165) is 43.1 Å². The minimum Gasteiger partial charge on any atom is -0.370 e. The minimum atomic E-state index is 0.203. The van der Waals surface area contributed by atoms with Crippen molar-refractivity contribution < 1.29 is 9.53 Å². The van der Waals surface area contributed by atoms with Gasteiger partial charge in [0.1, 0.15) is 5.78 Å². The molecule has 4 aliphatic carbocycles. The average molecular weight is 331 g/mol. The van der Waals surface area contributed by atoms with Crippen LogP contribution >= 0.6 is 0 Å². The SMILES string of the molecule is C[C@]12CCC(=O)C[C@H]1CC[C@@H]1[C@H]2CC[C@@]2(C)[C@@H]1CC[C@H]2[C@@]1(C)CO1. The van der Waals surface area contributed by atoms with Crippen LogP contribution in [-0.4, -0.2) is 18.0 Å². The van der Waals surface area contributed by atoms with Crippen LogP contribution in [0.15, 0.2) is 0 Å². The lowest BCUT2D eigenvalue weighted by molar-refractivity contribution is -0.140. The zero-order valence-corrected chi connectivity index (χ0v) is 15.8. The van der Waals surface area contributed by atoms with Gasteiger partial charge in [0.15, 0.2) is 0 Å². The summed E-state index contributed by atoms with van der Waals surface area (Å²) in [7, 11) is 0. The van der Waals surface area contributed by atoms with Gasteiger partial charge in [-0.05, 0) is 92.3 Å². The van der Waals surface area contributed by atoms with E-state index in [2.05, 4.69) is 20.8 Å². The molecular formula is C22H34O2. The van der Waals surface area contributed by atoms with Gasteiger partial charge in [0, 0.05) is 12.8 Å². The number of rotatable bonds is 1. The van der Waals surface area contributed by atoms with E-state index >= 15 is 0 Å². The Morgan fingerprint density at radius 1 is 0.917 bits per heavy atom. The van der Waals surface area contributed by atoms with Crippen LogP contribution in [-0.2, 0) is 9.53 Å². The van der Waals surface area contributed by atoms with Gasteiger partial charge in [0.2, 0.25) is 0 Å². The van der Waals surface area contributed by atoms with Crippen LogP contribution in [0.2, 0.25) is 0 Å². The molecule has 0 unspecified atom stereocenters. The molecule has 0 aromatic carbocycles. The first-order valence-corrected chi connectivity index (χ1v) is 10.5. The monoisotopic (exact) mass is 330 g/mol. The molecule has 0 aromatic heterocycles. The first-order valence-electron chi connectivity index (χ1n) is 10.5. The molecule has 0 spiro atoms. The van der Waals surface area contributed by atoms with E-state index in [1.54, 1.807) is 0 Å². The highest BCUT2D eigenvalue weighted by atomic mass is 16.6. The molecule has 0 amide bonds. The Labute approximate surface area is 147 Å². The van der Waals surface area contributed by atoms with E-state index in [1.807, 2.05) is 0 Å². The molecule has 5 fully saturated rings. The summed E-state index contributed by atoms with van der Waals surface area (Å²) < 4.78 is 5.91. The number of carbonyl (C=O) groups is 1. The number of hydrogen-bond donors (Lipinski definition) is 0. The molecule has 2 nitrogen and oxygen atoms in total. The second kappa shape index (κ2) is 4.87. The van der Waals surface area contributed by atoms with Crippen molar-refractivity contribution in [2.75, 3.05) is 6.61 Å². The summed E-state index contributed by atoms with van der Waals surface area (Å²) in [6, 6.07) is 0. The number of ketones is 1. The van der Waals surface area contributed by atoms with E-state index in [4.69, 9.17) is 4.74 Å². The van der Waals surface area contributed by atoms with Gasteiger partial charge in [-0.25, -0.2) is 0 Å². The third kappa shape index (κ3) is 1.95. The van der Waals surface area contributed by atoms with Crippen molar-refractivity contribution in [3.63, 3.8) is 0 Å². The lowest BCUT2D eigenvalue weighted by atomic mass is 9.44. The van der Waals surface area contributed by atoms with Crippen LogP contribution in [0.1, 0.15) is 78.6 Å². The first-order chi connectivity index (χ1) is 11.4. The molecule has 1 aliphatic heterocycles. The van der Waals surface area contributed by atoms with Crippen LogP contribution in [0.3, 0.4) is 0 Å². The highest BCUT2D eigenvalue weighted by molar-refractivity contribution is 5.79. The molecule has 8 atom stereocenters. The smallest absolute Gasteiger partial charge is 0.133 e. The first kappa shape index (κ1) is 15.9. The zero-order chi connectivity index (χ0) is 16.7. The fourth-order valence-electron chi connectivity index (χ4n) is 8.36. The van der Waals surface area contributed by atoms with Gasteiger partial charge in [-0.1, -0.05) is 13.8 Å². The fraction of sp³-hybridized carbons (Fsp3) is 0.955. The van der Waals surface area contributed by atoms with Crippen molar-refractivity contribution in [2.45, 2.75) is 84.2 Å². The highest BCUT2D eigenvalue weighted by Gasteiger charge is 2.65. The molecular weight excluding hydrogens is 296 g/mol. The van der Waals surface area contributed by atoms with Crippen LogP contribution in [0.25, 0.3) is 0 Å². The number of Topliss-reactive ketones (excluding diaryl/α,β-unsaturated/α-hetero) is 1. The van der Waals surface area contributed by atoms with Crippen molar-refractivity contribution >= 4 is 5.78 Å². The number of carbonyl (C=O) groups excluding carboxylic acids is 1. The van der Waals surface area contributed by atoms with Crippen LogP contribution in [0, 0.1) is 40.4 Å². The third-order valence-corrected chi connectivity index (χ3v) is 9.82. The number of epoxide rings is 1. The molecule has 0 radical (unpaired) electrons. The van der Waals surface area contributed by atoms with E-state index in [0.29, 0.717) is 22.5 Å². The third-order valence-electron chi connectivity index (χ3n) is 9.82. The van der Waals surface area contributed by atoms with Gasteiger partial charge in [-0.2, -0.15) is 0 Å². The number of ether oxygens (including phenoxy) is 1. The summed E-state index contributed by atoms with van der Waals surface area (Å²) in [5.74, 6) is 4.73. The summed E-state index contributed by atoms with van der Waals surface area (Å²) in [6.45, 7) is 8.52. The second-order valence-electron chi connectivity index (χ2n) is 10.7. The second-order valence-corrected chi connectivity index (χ2v) is 10.7. The maximum Gasteiger partial charge on any atom is 0.133 e. The lowest BCUT2D eigenvalue weighted by Crippen LogP contribution is -2.54. The van der Waals surface area contributed by atoms with Crippen molar-refractivity contribution in [3.8, 4) is 0 Å². The zero-order valence-electron chi connectivity index (χ0n) is 15.8. The lowest BCUT2D eigenvalue weighted by Gasteiger charge is -2.60. The Morgan fingerprint density at radius 2 is 1.67 bits per heavy atom. The van der Waals surface area contributed by atoms with E-state index in [-0.39, 0.29) is 5.60 Å². The van der Waals surface area contributed by atoms with Gasteiger partial charge in [-0.3, -0.25) is 4.79 Å². The molecule has 1 saturated heterocycles. The molecule has 0 N–H and O–H groups in total. The highest BCUT2D eigenvalue weighted by Crippen LogP contribution is 2.69. The molecule has 24 heavy (non-hydrogen) atoms. The summed E-state index contributed by atoms with van der Waals surface area (Å²) in [5, 5.41) is 0. The maximum absolute atomic E-state index is 12.0. The van der Waals surface area contributed by atoms with Gasteiger partial charge in [0.25, 0.3) is 0 Å². The summed E-state index contributed by atoms with van der Waals surface area (Å²) >= 11 is 0. The maximum atomic E-state index is 12.0. The molecule has 134 valence electrons. The molecule has 4 saturated carbocycles. The van der Waals surface area contributed by atoms with Crippen LogP contribution < -0.4 is 0 Å². The summed E-state index contributed by atoms with van der Waals surface area (Å²) in [6.07, 6.45) is 11.2. The molecule has 0 bridgehead atoms. The summed E-state index contributed by atoms with van der Waals surface area (Å²) in [5.41, 5.74) is 1.17. The van der Waals surface area contributed by atoms with Crippen molar-refractivity contribution in [2.24, 2.45) is 40.4 Å². The Bertz CT molecular complexity index is 564. The van der Waals surface area contributed by atoms with Crippen LogP contribution in [0.5, 0.6) is 0 Å². The van der Waals surface area contributed by atoms with E-state index in [9.17, 15) is 4.79 Å². The standard InChI is InChI=1S/C22H34O2/c1-20-10-8-15(23)12-14(20)4-5-16-17-6-7-19(22(3)13-24-22)21(17,2)11-9-18(16)20/h14,16-19H,4-13H2,1-3H3/t14-,16+,17-,18-,19-,20+,21+,22-/m1/s1. The largest absolute Gasteiger partial charge is 0.370 e. The fourth-order valence-corrected chi connectivity index (χ4v) is 8.36. The van der Waals surface area contributed by atoms with E-state index < -0.39 is 0 Å². The Hall–Kier alpha value is -0.370. The molecule has 0 aromatic rings. The number of hydrogen-bond acceptors (Lipinski definition) is 2. The van der Waals surface area contributed by atoms with Crippen molar-refractivity contribution in [1.82, 2.24) is 0 Å². The number of fused-ring (bicyclic) bond motifs is 5. The van der Waals surface area contributed by atoms with Gasteiger partial charge < -0.3 is 4.74 Å². The predicted molar refractivity (Wildman–Crippen MR) is 94.6 cm³/mol. The Kier molecular flexibility index (Phi) is 3.22. The normalized spacial score (nSPS) is 59.5.